The van der Waals surface area contributed by atoms with E-state index in [-0.39, 0.29) is 11.8 Å². The van der Waals surface area contributed by atoms with Crippen molar-refractivity contribution in [3.8, 4) is 5.88 Å². The molecule has 1 aliphatic carbocycles. The van der Waals surface area contributed by atoms with E-state index in [0.29, 0.717) is 25.0 Å². The number of carboxylic acids is 1. The maximum absolute atomic E-state index is 13.3. The molecule has 108 valence electrons. The van der Waals surface area contributed by atoms with Crippen LogP contribution in [0.3, 0.4) is 0 Å². The lowest BCUT2D eigenvalue weighted by Crippen LogP contribution is -2.25. The highest BCUT2D eigenvalue weighted by molar-refractivity contribution is 5.72. The van der Waals surface area contributed by atoms with Gasteiger partial charge >= 0.3 is 5.97 Å². The largest absolute Gasteiger partial charge is 0.481 e. The van der Waals surface area contributed by atoms with Crippen LogP contribution in [-0.2, 0) is 4.79 Å². The van der Waals surface area contributed by atoms with Crippen LogP contribution < -0.4 is 9.64 Å². The third kappa shape index (κ3) is 2.28. The number of hydrogen-bond donors (Lipinski definition) is 1. The summed E-state index contributed by atoms with van der Waals surface area (Å²) in [7, 11) is 1.34. The van der Waals surface area contributed by atoms with Gasteiger partial charge in [0.15, 0.2) is 0 Å². The van der Waals surface area contributed by atoms with Crippen LogP contribution in [0.2, 0.25) is 0 Å². The van der Waals surface area contributed by atoms with Gasteiger partial charge in [-0.1, -0.05) is 0 Å². The molecule has 2 fully saturated rings. The van der Waals surface area contributed by atoms with E-state index >= 15 is 0 Å². The first-order valence-corrected chi connectivity index (χ1v) is 6.64. The highest BCUT2D eigenvalue weighted by Crippen LogP contribution is 2.44. The second kappa shape index (κ2) is 4.88. The van der Waals surface area contributed by atoms with Crippen molar-refractivity contribution in [2.24, 2.45) is 17.8 Å². The van der Waals surface area contributed by atoms with Crippen LogP contribution in [0, 0.1) is 23.6 Å². The average molecular weight is 281 g/mol. The van der Waals surface area contributed by atoms with Crippen molar-refractivity contribution in [1.82, 2.24) is 9.97 Å². The van der Waals surface area contributed by atoms with Gasteiger partial charge in [0.2, 0.25) is 11.8 Å². The van der Waals surface area contributed by atoms with Crippen LogP contribution in [0.15, 0.2) is 6.20 Å². The van der Waals surface area contributed by atoms with E-state index in [2.05, 4.69) is 9.97 Å². The molecule has 20 heavy (non-hydrogen) atoms. The first-order chi connectivity index (χ1) is 9.60. The molecule has 1 aromatic heterocycles. The van der Waals surface area contributed by atoms with E-state index in [9.17, 15) is 14.3 Å². The Morgan fingerprint density at radius 2 is 2.25 bits per heavy atom. The van der Waals surface area contributed by atoms with Crippen LogP contribution in [0.1, 0.15) is 12.8 Å². The quantitative estimate of drug-likeness (QED) is 0.893. The van der Waals surface area contributed by atoms with Crippen LogP contribution in [0.4, 0.5) is 10.3 Å². The van der Waals surface area contributed by atoms with Gasteiger partial charge in [-0.3, -0.25) is 4.79 Å². The third-order valence-corrected chi connectivity index (χ3v) is 4.09. The number of hydrogen-bond acceptors (Lipinski definition) is 5. The van der Waals surface area contributed by atoms with Crippen LogP contribution in [0.25, 0.3) is 0 Å². The van der Waals surface area contributed by atoms with E-state index in [4.69, 9.17) is 4.74 Å². The van der Waals surface area contributed by atoms with Gasteiger partial charge in [0.25, 0.3) is 5.88 Å². The molecule has 1 aromatic rings. The topological polar surface area (TPSA) is 75.5 Å². The Hall–Kier alpha value is -1.92. The Balaban J connectivity index is 1.82. The van der Waals surface area contributed by atoms with Crippen molar-refractivity contribution in [1.29, 1.82) is 0 Å². The summed E-state index contributed by atoms with van der Waals surface area (Å²) in [5, 5.41) is 9.32. The Morgan fingerprint density at radius 1 is 1.50 bits per heavy atom. The van der Waals surface area contributed by atoms with Crippen LogP contribution >= 0.6 is 0 Å². The van der Waals surface area contributed by atoms with Crippen molar-refractivity contribution < 1.29 is 19.0 Å². The van der Waals surface area contributed by atoms with E-state index in [1.54, 1.807) is 0 Å². The number of carbonyl (C=O) groups is 1. The summed E-state index contributed by atoms with van der Waals surface area (Å²) in [6, 6.07) is 0. The Kier molecular flexibility index (Phi) is 3.19. The molecule has 2 aliphatic rings. The van der Waals surface area contributed by atoms with Crippen molar-refractivity contribution >= 4 is 11.9 Å². The summed E-state index contributed by atoms with van der Waals surface area (Å²) >= 11 is 0. The second-order valence-electron chi connectivity index (χ2n) is 5.38. The molecule has 7 heteroatoms. The normalized spacial score (nSPS) is 25.8. The summed E-state index contributed by atoms with van der Waals surface area (Å²) < 4.78 is 18.2. The molecule has 0 spiro atoms. The zero-order chi connectivity index (χ0) is 14.3. The lowest BCUT2D eigenvalue weighted by Gasteiger charge is -2.16. The standard InChI is InChI=1S/C13H16FN3O3/c1-20-11-10(14)4-15-13(16-11)17-5-8(7-2-3-7)9(6-17)12(18)19/h4,7-9H,2-3,5-6H2,1H3,(H,18,19)/t8-,9+/m0/s1. The predicted octanol–water partition coefficient (Wildman–Crippen LogP) is 1.17. The number of aliphatic carboxylic acids is 1. The highest BCUT2D eigenvalue weighted by Gasteiger charge is 2.46. The molecule has 2 heterocycles. The monoisotopic (exact) mass is 281 g/mol. The fourth-order valence-corrected chi connectivity index (χ4v) is 2.89. The van der Waals surface area contributed by atoms with Gasteiger partial charge in [-0.2, -0.15) is 9.37 Å². The van der Waals surface area contributed by atoms with Crippen LogP contribution in [-0.4, -0.2) is 41.2 Å². The lowest BCUT2D eigenvalue weighted by atomic mass is 9.92. The average Bonchev–Trinajstić information content (AvgIpc) is 3.18. The van der Waals surface area contributed by atoms with Gasteiger partial charge in [0.05, 0.1) is 19.2 Å². The minimum atomic E-state index is -0.779. The summed E-state index contributed by atoms with van der Waals surface area (Å²) in [6.45, 7) is 0.974. The van der Waals surface area contributed by atoms with Gasteiger partial charge < -0.3 is 14.7 Å². The first-order valence-electron chi connectivity index (χ1n) is 6.64. The molecule has 0 radical (unpaired) electrons. The number of nitrogens with zero attached hydrogens (tertiary/aromatic N) is 3. The van der Waals surface area contributed by atoms with Crippen LogP contribution in [0.5, 0.6) is 5.88 Å². The van der Waals surface area contributed by atoms with E-state index in [0.717, 1.165) is 19.0 Å². The fourth-order valence-electron chi connectivity index (χ4n) is 2.89. The summed E-state index contributed by atoms with van der Waals surface area (Å²) in [5.41, 5.74) is 0. The molecule has 1 N–H and O–H groups in total. The third-order valence-electron chi connectivity index (χ3n) is 4.09. The number of methoxy groups -OCH3 is 1. The Labute approximate surface area is 115 Å². The highest BCUT2D eigenvalue weighted by atomic mass is 19.1. The zero-order valence-corrected chi connectivity index (χ0v) is 11.1. The summed E-state index contributed by atoms with van der Waals surface area (Å²) in [5.74, 6) is -0.963. The Morgan fingerprint density at radius 3 is 2.85 bits per heavy atom. The minimum absolute atomic E-state index is 0.114. The number of aromatic nitrogens is 2. The fraction of sp³-hybridized carbons (Fsp3) is 0.615. The molecule has 0 unspecified atom stereocenters. The van der Waals surface area contributed by atoms with Gasteiger partial charge in [-0.25, -0.2) is 4.98 Å². The van der Waals surface area contributed by atoms with Crippen molar-refractivity contribution in [3.05, 3.63) is 12.0 Å². The van der Waals surface area contributed by atoms with Crippen molar-refractivity contribution in [2.75, 3.05) is 25.1 Å². The zero-order valence-electron chi connectivity index (χ0n) is 11.1. The van der Waals surface area contributed by atoms with Gasteiger partial charge in [-0.15, -0.1) is 0 Å². The molecule has 6 nitrogen and oxygen atoms in total. The van der Waals surface area contributed by atoms with Gasteiger partial charge in [0.1, 0.15) is 0 Å². The summed E-state index contributed by atoms with van der Waals surface area (Å²) in [6.07, 6.45) is 3.24. The second-order valence-corrected chi connectivity index (χ2v) is 5.38. The minimum Gasteiger partial charge on any atom is -0.481 e. The number of halogens is 1. The molecule has 1 saturated carbocycles. The number of carboxylic acid groups (broad SMARTS) is 1. The molecule has 0 aromatic carbocycles. The smallest absolute Gasteiger partial charge is 0.308 e. The van der Waals surface area contributed by atoms with E-state index in [1.807, 2.05) is 4.90 Å². The maximum atomic E-state index is 13.3. The lowest BCUT2D eigenvalue weighted by molar-refractivity contribution is -0.142. The Bertz CT molecular complexity index is 536. The number of ether oxygens (including phenoxy) is 1. The molecule has 0 bridgehead atoms. The molecule has 0 amide bonds. The molecule has 3 rings (SSSR count). The molecule has 2 atom stereocenters. The molecular formula is C13H16FN3O3. The molecular weight excluding hydrogens is 265 g/mol. The van der Waals surface area contributed by atoms with E-state index in [1.165, 1.54) is 7.11 Å². The maximum Gasteiger partial charge on any atom is 0.308 e. The van der Waals surface area contributed by atoms with Crippen molar-refractivity contribution in [2.45, 2.75) is 12.8 Å². The summed E-state index contributed by atoms with van der Waals surface area (Å²) in [4.78, 5) is 21.1. The SMILES string of the molecule is COc1nc(N2C[C@@H](C(=O)O)[C@H](C3CC3)C2)ncc1F. The first kappa shape index (κ1) is 13.1. The van der Waals surface area contributed by atoms with Crippen molar-refractivity contribution in [3.63, 3.8) is 0 Å². The number of anilines is 1. The predicted molar refractivity (Wildman–Crippen MR) is 68.1 cm³/mol. The van der Waals surface area contributed by atoms with Gasteiger partial charge in [-0.05, 0) is 24.7 Å². The number of rotatable bonds is 4. The van der Waals surface area contributed by atoms with E-state index < -0.39 is 17.7 Å². The van der Waals surface area contributed by atoms with Gasteiger partial charge in [0, 0.05) is 13.1 Å². The molecule has 1 saturated heterocycles. The molecule has 1 aliphatic heterocycles.